The highest BCUT2D eigenvalue weighted by Crippen LogP contribution is 2.25. The highest BCUT2D eigenvalue weighted by molar-refractivity contribution is 5.95. The zero-order chi connectivity index (χ0) is 20.4. The summed E-state index contributed by atoms with van der Waals surface area (Å²) in [6.07, 6.45) is 0.965. The molecule has 6 nitrogen and oxygen atoms in total. The molecule has 0 bridgehead atoms. The number of nitrogens with zero attached hydrogens (tertiary/aromatic N) is 1. The minimum atomic E-state index is -0.207. The average molecular weight is 384 g/mol. The van der Waals surface area contributed by atoms with E-state index in [1.165, 1.54) is 0 Å². The predicted octanol–water partition coefficient (Wildman–Crippen LogP) is 3.65. The van der Waals surface area contributed by atoms with Crippen molar-refractivity contribution in [2.24, 2.45) is 0 Å². The highest BCUT2D eigenvalue weighted by atomic mass is 16.5. The van der Waals surface area contributed by atoms with Crippen LogP contribution in [-0.4, -0.2) is 43.5 Å². The van der Waals surface area contributed by atoms with Crippen LogP contribution in [0.4, 0.5) is 5.69 Å². The van der Waals surface area contributed by atoms with E-state index < -0.39 is 0 Å². The van der Waals surface area contributed by atoms with Gasteiger partial charge in [-0.25, -0.2) is 0 Å². The Morgan fingerprint density at radius 2 is 1.71 bits per heavy atom. The number of hydrogen-bond donors (Lipinski definition) is 1. The van der Waals surface area contributed by atoms with Gasteiger partial charge in [0.05, 0.1) is 26.7 Å². The molecule has 6 heteroatoms. The van der Waals surface area contributed by atoms with Gasteiger partial charge in [-0.3, -0.25) is 9.59 Å². The maximum absolute atomic E-state index is 12.6. The van der Waals surface area contributed by atoms with Gasteiger partial charge in [0, 0.05) is 12.2 Å². The van der Waals surface area contributed by atoms with E-state index >= 15 is 0 Å². The van der Waals surface area contributed by atoms with Crippen LogP contribution in [0.5, 0.6) is 11.5 Å². The van der Waals surface area contributed by atoms with Crippen LogP contribution in [0.1, 0.15) is 25.3 Å². The Labute approximate surface area is 166 Å². The van der Waals surface area contributed by atoms with Crippen LogP contribution in [-0.2, 0) is 9.59 Å². The summed E-state index contributed by atoms with van der Waals surface area (Å²) in [5.41, 5.74) is 1.74. The van der Waals surface area contributed by atoms with Crippen LogP contribution in [0.3, 0.4) is 0 Å². The summed E-state index contributed by atoms with van der Waals surface area (Å²) in [4.78, 5) is 26.5. The molecule has 0 aliphatic rings. The number of carbonyl (C=O) groups excluding carboxylic acids is 2. The number of hydrogen-bond acceptors (Lipinski definition) is 4. The first-order valence-corrected chi connectivity index (χ1v) is 9.44. The lowest BCUT2D eigenvalue weighted by Crippen LogP contribution is -2.39. The summed E-state index contributed by atoms with van der Waals surface area (Å²) >= 11 is 0. The Morgan fingerprint density at radius 1 is 1.04 bits per heavy atom. The quantitative estimate of drug-likeness (QED) is 0.679. The van der Waals surface area contributed by atoms with Gasteiger partial charge in [-0.05, 0) is 37.1 Å². The molecule has 0 heterocycles. The summed E-state index contributed by atoms with van der Waals surface area (Å²) in [5, 5.41) is 2.87. The molecular weight excluding hydrogens is 356 g/mol. The number of methoxy groups -OCH3 is 1. The largest absolute Gasteiger partial charge is 0.493 e. The molecule has 0 saturated heterocycles. The molecule has 2 rings (SSSR count). The SMILES string of the molecule is CCCN(CC(=O)Nc1ccccc1C)C(=O)CCOc1ccccc1OC. The Kier molecular flexibility index (Phi) is 8.34. The van der Waals surface area contributed by atoms with Crippen molar-refractivity contribution >= 4 is 17.5 Å². The number of anilines is 1. The Balaban J connectivity index is 1.88. The molecule has 0 fully saturated rings. The monoisotopic (exact) mass is 384 g/mol. The van der Waals surface area contributed by atoms with Crippen molar-refractivity contribution in [3.8, 4) is 11.5 Å². The van der Waals surface area contributed by atoms with Crippen LogP contribution in [0.15, 0.2) is 48.5 Å². The molecule has 0 radical (unpaired) electrons. The Morgan fingerprint density at radius 3 is 2.39 bits per heavy atom. The second-order valence-corrected chi connectivity index (χ2v) is 6.43. The number of ether oxygens (including phenoxy) is 2. The summed E-state index contributed by atoms with van der Waals surface area (Å²) < 4.78 is 10.9. The fourth-order valence-corrected chi connectivity index (χ4v) is 2.78. The first-order valence-electron chi connectivity index (χ1n) is 9.44. The van der Waals surface area contributed by atoms with Gasteiger partial charge in [-0.15, -0.1) is 0 Å². The van der Waals surface area contributed by atoms with E-state index in [0.717, 1.165) is 17.7 Å². The summed E-state index contributed by atoms with van der Waals surface area (Å²) in [7, 11) is 1.57. The standard InChI is InChI=1S/C22H28N2O4/c1-4-14-24(16-21(25)23-18-10-6-5-9-17(18)2)22(26)13-15-28-20-12-8-7-11-19(20)27-3/h5-12H,4,13-16H2,1-3H3,(H,23,25). The maximum atomic E-state index is 12.6. The van der Waals surface area contributed by atoms with Crippen molar-refractivity contribution in [3.05, 3.63) is 54.1 Å². The first-order chi connectivity index (χ1) is 13.5. The van der Waals surface area contributed by atoms with E-state index in [1.54, 1.807) is 24.1 Å². The molecule has 2 amide bonds. The fraction of sp³-hybridized carbons (Fsp3) is 0.364. The average Bonchev–Trinajstić information content (AvgIpc) is 2.69. The van der Waals surface area contributed by atoms with E-state index in [4.69, 9.17) is 9.47 Å². The molecule has 1 N–H and O–H groups in total. The van der Waals surface area contributed by atoms with Crippen molar-refractivity contribution in [2.75, 3.05) is 32.1 Å². The molecule has 0 saturated carbocycles. The molecule has 0 atom stereocenters. The van der Waals surface area contributed by atoms with Crippen LogP contribution in [0.2, 0.25) is 0 Å². The molecule has 28 heavy (non-hydrogen) atoms. The van der Waals surface area contributed by atoms with E-state index in [0.29, 0.717) is 18.0 Å². The summed E-state index contributed by atoms with van der Waals surface area (Å²) in [6.45, 7) is 4.67. The number of amides is 2. The van der Waals surface area contributed by atoms with Gasteiger partial charge in [0.15, 0.2) is 11.5 Å². The zero-order valence-corrected chi connectivity index (χ0v) is 16.7. The number of aryl methyl sites for hydroxylation is 1. The molecule has 0 aliphatic heterocycles. The van der Waals surface area contributed by atoms with Crippen LogP contribution in [0, 0.1) is 6.92 Å². The van der Waals surface area contributed by atoms with E-state index in [2.05, 4.69) is 5.32 Å². The van der Waals surface area contributed by atoms with E-state index in [-0.39, 0.29) is 31.4 Å². The molecule has 0 unspecified atom stereocenters. The zero-order valence-electron chi connectivity index (χ0n) is 16.7. The minimum Gasteiger partial charge on any atom is -0.493 e. The summed E-state index contributed by atoms with van der Waals surface area (Å²) in [6, 6.07) is 14.9. The normalized spacial score (nSPS) is 10.2. The van der Waals surface area contributed by atoms with Gasteiger partial charge in [0.25, 0.3) is 0 Å². The van der Waals surface area contributed by atoms with Gasteiger partial charge in [-0.1, -0.05) is 37.3 Å². The second-order valence-electron chi connectivity index (χ2n) is 6.43. The molecule has 2 aromatic rings. The predicted molar refractivity (Wildman–Crippen MR) is 110 cm³/mol. The third-order valence-corrected chi connectivity index (χ3v) is 4.24. The van der Waals surface area contributed by atoms with Crippen molar-refractivity contribution in [2.45, 2.75) is 26.7 Å². The molecule has 0 spiro atoms. The maximum Gasteiger partial charge on any atom is 0.244 e. The van der Waals surface area contributed by atoms with Crippen molar-refractivity contribution < 1.29 is 19.1 Å². The molecule has 150 valence electrons. The van der Waals surface area contributed by atoms with Crippen LogP contribution < -0.4 is 14.8 Å². The highest BCUT2D eigenvalue weighted by Gasteiger charge is 2.17. The Bertz CT molecular complexity index is 792. The van der Waals surface area contributed by atoms with Gasteiger partial charge >= 0.3 is 0 Å². The smallest absolute Gasteiger partial charge is 0.244 e. The van der Waals surface area contributed by atoms with Crippen molar-refractivity contribution in [3.63, 3.8) is 0 Å². The van der Waals surface area contributed by atoms with Gasteiger partial charge in [-0.2, -0.15) is 0 Å². The molecule has 2 aromatic carbocycles. The lowest BCUT2D eigenvalue weighted by atomic mass is 10.2. The summed E-state index contributed by atoms with van der Waals surface area (Å²) in [5.74, 6) is 0.897. The minimum absolute atomic E-state index is 0.0235. The number of benzene rings is 2. The van der Waals surface area contributed by atoms with Crippen molar-refractivity contribution in [1.82, 2.24) is 4.90 Å². The lowest BCUT2D eigenvalue weighted by molar-refractivity contribution is -0.135. The fourth-order valence-electron chi connectivity index (χ4n) is 2.78. The van der Waals surface area contributed by atoms with E-state index in [1.807, 2.05) is 50.2 Å². The third-order valence-electron chi connectivity index (χ3n) is 4.24. The van der Waals surface area contributed by atoms with Gasteiger partial charge in [0.2, 0.25) is 11.8 Å². The number of para-hydroxylation sites is 3. The molecular formula is C22H28N2O4. The van der Waals surface area contributed by atoms with E-state index in [9.17, 15) is 9.59 Å². The number of nitrogens with one attached hydrogen (secondary N) is 1. The van der Waals surface area contributed by atoms with Gasteiger partial charge in [0.1, 0.15) is 0 Å². The Hall–Kier alpha value is -3.02. The molecule has 0 aromatic heterocycles. The number of rotatable bonds is 10. The molecule has 0 aliphatic carbocycles. The van der Waals surface area contributed by atoms with Crippen molar-refractivity contribution in [1.29, 1.82) is 0 Å². The topological polar surface area (TPSA) is 67.9 Å². The van der Waals surface area contributed by atoms with Gasteiger partial charge < -0.3 is 19.7 Å². The lowest BCUT2D eigenvalue weighted by Gasteiger charge is -2.22. The number of carbonyl (C=O) groups is 2. The first kappa shape index (κ1) is 21.3. The third kappa shape index (κ3) is 6.30. The second kappa shape index (κ2) is 11.0. The van der Waals surface area contributed by atoms with Crippen LogP contribution >= 0.6 is 0 Å². The van der Waals surface area contributed by atoms with Crippen LogP contribution in [0.25, 0.3) is 0 Å².